The summed E-state index contributed by atoms with van der Waals surface area (Å²) in [4.78, 5) is 15.8. The highest BCUT2D eigenvalue weighted by Crippen LogP contribution is 2.22. The van der Waals surface area contributed by atoms with E-state index < -0.39 is 10.0 Å². The van der Waals surface area contributed by atoms with Gasteiger partial charge in [-0.2, -0.15) is 4.31 Å². The van der Waals surface area contributed by atoms with Crippen molar-refractivity contribution in [3.05, 3.63) is 76.1 Å². The Labute approximate surface area is 176 Å². The first-order chi connectivity index (χ1) is 14.5. The van der Waals surface area contributed by atoms with Crippen LogP contribution in [0.15, 0.2) is 64.3 Å². The van der Waals surface area contributed by atoms with Crippen LogP contribution in [0.2, 0.25) is 0 Å². The van der Waals surface area contributed by atoms with Crippen LogP contribution >= 0.6 is 0 Å². The molecule has 1 atom stereocenters. The Hall–Kier alpha value is -2.48. The zero-order valence-corrected chi connectivity index (χ0v) is 17.8. The number of pyridine rings is 1. The number of benzene rings is 2. The molecule has 0 amide bonds. The summed E-state index contributed by atoms with van der Waals surface area (Å²) in [6.07, 6.45) is 2.46. The van der Waals surface area contributed by atoms with E-state index in [9.17, 15) is 13.2 Å². The number of hydrogen-bond acceptors (Lipinski definition) is 4. The number of H-pyrrole nitrogens is 1. The van der Waals surface area contributed by atoms with Crippen LogP contribution in [-0.4, -0.2) is 37.0 Å². The molecule has 0 unspecified atom stereocenters. The third-order valence-corrected chi connectivity index (χ3v) is 7.38. The summed E-state index contributed by atoms with van der Waals surface area (Å²) in [6, 6.07) is 16.1. The second-order valence-electron chi connectivity index (χ2n) is 7.64. The number of sulfonamides is 1. The fourth-order valence-corrected chi connectivity index (χ4v) is 5.30. The van der Waals surface area contributed by atoms with Crippen molar-refractivity contribution in [2.75, 3.05) is 13.2 Å². The van der Waals surface area contributed by atoms with Crippen LogP contribution in [0.1, 0.15) is 30.9 Å². The summed E-state index contributed by atoms with van der Waals surface area (Å²) in [7, 11) is -3.77. The van der Waals surface area contributed by atoms with Crippen LogP contribution < -0.4 is 5.56 Å². The van der Waals surface area contributed by atoms with E-state index in [0.29, 0.717) is 12.2 Å². The molecule has 3 aromatic rings. The Morgan fingerprint density at radius 2 is 1.93 bits per heavy atom. The van der Waals surface area contributed by atoms with Crippen molar-refractivity contribution in [3.63, 3.8) is 0 Å². The zero-order valence-electron chi connectivity index (χ0n) is 17.0. The quantitative estimate of drug-likeness (QED) is 0.628. The average molecular weight is 427 g/mol. The van der Waals surface area contributed by atoms with Crippen LogP contribution in [0.4, 0.5) is 0 Å². The van der Waals surface area contributed by atoms with Crippen LogP contribution in [0.5, 0.6) is 0 Å². The van der Waals surface area contributed by atoms with E-state index in [0.717, 1.165) is 35.7 Å². The van der Waals surface area contributed by atoms with Gasteiger partial charge in [-0.05, 0) is 60.5 Å². The van der Waals surface area contributed by atoms with Gasteiger partial charge in [-0.1, -0.05) is 31.2 Å². The van der Waals surface area contributed by atoms with Gasteiger partial charge in [0.2, 0.25) is 10.0 Å². The summed E-state index contributed by atoms with van der Waals surface area (Å²) in [5.41, 5.74) is 2.06. The molecule has 1 aromatic heterocycles. The molecule has 1 aliphatic rings. The predicted molar refractivity (Wildman–Crippen MR) is 117 cm³/mol. The number of nitrogens with one attached hydrogen (secondary N) is 1. The molecule has 0 spiro atoms. The molecule has 1 aliphatic heterocycles. The van der Waals surface area contributed by atoms with E-state index in [1.165, 1.54) is 4.31 Å². The van der Waals surface area contributed by atoms with Crippen LogP contribution in [0.25, 0.3) is 10.9 Å². The smallest absolute Gasteiger partial charge is 0.252 e. The van der Waals surface area contributed by atoms with Gasteiger partial charge in [0.1, 0.15) is 0 Å². The minimum absolute atomic E-state index is 0.00128. The molecule has 0 saturated carbocycles. The van der Waals surface area contributed by atoms with Gasteiger partial charge in [0.05, 0.1) is 11.0 Å². The van der Waals surface area contributed by atoms with Gasteiger partial charge in [0, 0.05) is 30.8 Å². The lowest BCUT2D eigenvalue weighted by Gasteiger charge is -2.25. The maximum atomic E-state index is 13.4. The highest BCUT2D eigenvalue weighted by Gasteiger charge is 2.29. The summed E-state index contributed by atoms with van der Waals surface area (Å²) in [6.45, 7) is 2.94. The van der Waals surface area contributed by atoms with Crippen molar-refractivity contribution in [2.24, 2.45) is 0 Å². The molecule has 2 aromatic carbocycles. The van der Waals surface area contributed by atoms with E-state index in [-0.39, 0.29) is 29.6 Å². The summed E-state index contributed by atoms with van der Waals surface area (Å²) in [5, 5.41) is 0.901. The molecule has 0 aliphatic carbocycles. The molecule has 1 fully saturated rings. The number of ether oxygens (including phenoxy) is 1. The van der Waals surface area contributed by atoms with Crippen molar-refractivity contribution in [2.45, 2.75) is 43.7 Å². The highest BCUT2D eigenvalue weighted by molar-refractivity contribution is 7.89. The number of aryl methyl sites for hydroxylation is 1. The zero-order chi connectivity index (χ0) is 21.1. The number of rotatable bonds is 7. The number of fused-ring (bicyclic) bond motifs is 1. The molecule has 158 valence electrons. The normalized spacial score (nSPS) is 17.1. The molecule has 1 saturated heterocycles. The van der Waals surface area contributed by atoms with Crippen molar-refractivity contribution >= 4 is 20.9 Å². The first-order valence-corrected chi connectivity index (χ1v) is 11.7. The van der Waals surface area contributed by atoms with Gasteiger partial charge in [-0.25, -0.2) is 8.42 Å². The van der Waals surface area contributed by atoms with Crippen LogP contribution in [-0.2, 0) is 27.7 Å². The molecule has 0 radical (unpaired) electrons. The Balaban J connectivity index is 1.72. The van der Waals surface area contributed by atoms with E-state index in [1.54, 1.807) is 36.4 Å². The minimum atomic E-state index is -3.77. The van der Waals surface area contributed by atoms with Crippen LogP contribution in [0, 0.1) is 0 Å². The van der Waals surface area contributed by atoms with Crippen molar-refractivity contribution in [1.29, 1.82) is 0 Å². The number of nitrogens with zero attached hydrogens (tertiary/aromatic N) is 1. The molecule has 1 N–H and O–H groups in total. The molecule has 4 rings (SSSR count). The largest absolute Gasteiger partial charge is 0.377 e. The van der Waals surface area contributed by atoms with Gasteiger partial charge in [-0.15, -0.1) is 0 Å². The Kier molecular flexibility index (Phi) is 6.04. The SMILES string of the molecule is CCc1ccc2[nH]c(=O)c(CN(C[C@@H]3CCCO3)S(=O)(=O)c3ccccc3)cc2c1. The Bertz CT molecular complexity index is 1180. The lowest BCUT2D eigenvalue weighted by Crippen LogP contribution is -2.38. The number of hydrogen-bond donors (Lipinski definition) is 1. The third kappa shape index (κ3) is 4.33. The lowest BCUT2D eigenvalue weighted by molar-refractivity contribution is 0.0925. The second kappa shape index (κ2) is 8.71. The highest BCUT2D eigenvalue weighted by atomic mass is 32.2. The van der Waals surface area contributed by atoms with Crippen molar-refractivity contribution < 1.29 is 13.2 Å². The van der Waals surface area contributed by atoms with E-state index in [2.05, 4.69) is 11.9 Å². The monoisotopic (exact) mass is 426 g/mol. The Morgan fingerprint density at radius 1 is 1.13 bits per heavy atom. The number of aromatic amines is 1. The first-order valence-electron chi connectivity index (χ1n) is 10.3. The predicted octanol–water partition coefficient (Wildman–Crippen LogP) is 3.46. The molecular weight excluding hydrogens is 400 g/mol. The van der Waals surface area contributed by atoms with E-state index in [4.69, 9.17) is 4.74 Å². The molecule has 6 nitrogen and oxygen atoms in total. The summed E-state index contributed by atoms with van der Waals surface area (Å²) >= 11 is 0. The van der Waals surface area contributed by atoms with E-state index >= 15 is 0 Å². The summed E-state index contributed by atoms with van der Waals surface area (Å²) in [5.74, 6) is 0. The summed E-state index contributed by atoms with van der Waals surface area (Å²) < 4.78 is 33.8. The average Bonchev–Trinajstić information content (AvgIpc) is 3.27. The number of aromatic nitrogens is 1. The van der Waals surface area contributed by atoms with E-state index in [1.807, 2.05) is 18.2 Å². The molecule has 7 heteroatoms. The molecule has 30 heavy (non-hydrogen) atoms. The first kappa shape index (κ1) is 20.8. The molecule has 0 bridgehead atoms. The van der Waals surface area contributed by atoms with Gasteiger partial charge in [0.15, 0.2) is 0 Å². The van der Waals surface area contributed by atoms with Crippen molar-refractivity contribution in [3.8, 4) is 0 Å². The van der Waals surface area contributed by atoms with Crippen molar-refractivity contribution in [1.82, 2.24) is 9.29 Å². The maximum absolute atomic E-state index is 13.4. The molecule has 2 heterocycles. The standard InChI is InChI=1S/C23H26N2O4S/c1-2-17-10-11-22-18(13-17)14-19(23(26)24-22)15-25(16-20-7-6-12-29-20)30(27,28)21-8-4-3-5-9-21/h3-5,8-11,13-14,20H,2,6-7,12,15-16H2,1H3,(H,24,26)/t20-/m0/s1. The van der Waals surface area contributed by atoms with Gasteiger partial charge >= 0.3 is 0 Å². The maximum Gasteiger partial charge on any atom is 0.252 e. The topological polar surface area (TPSA) is 79.5 Å². The minimum Gasteiger partial charge on any atom is -0.377 e. The van der Waals surface area contributed by atoms with Gasteiger partial charge in [-0.3, -0.25) is 4.79 Å². The van der Waals surface area contributed by atoms with Gasteiger partial charge in [0.25, 0.3) is 5.56 Å². The fourth-order valence-electron chi connectivity index (χ4n) is 3.83. The third-order valence-electron chi connectivity index (χ3n) is 5.55. The van der Waals surface area contributed by atoms with Gasteiger partial charge < -0.3 is 9.72 Å². The Morgan fingerprint density at radius 3 is 2.63 bits per heavy atom. The molecular formula is C23H26N2O4S. The second-order valence-corrected chi connectivity index (χ2v) is 9.58. The van der Waals surface area contributed by atoms with Crippen LogP contribution in [0.3, 0.4) is 0 Å². The lowest BCUT2D eigenvalue weighted by atomic mass is 10.1. The fraction of sp³-hybridized carbons (Fsp3) is 0.348.